The summed E-state index contributed by atoms with van der Waals surface area (Å²) in [7, 11) is 0. The average molecular weight is 156 g/mol. The van der Waals surface area contributed by atoms with Crippen molar-refractivity contribution in [2.75, 3.05) is 26.3 Å². The Kier molecular flexibility index (Phi) is 2.41. The first kappa shape index (κ1) is 7.53. The quantitative estimate of drug-likeness (QED) is 0.590. The van der Waals surface area contributed by atoms with Crippen molar-refractivity contribution in [1.82, 2.24) is 10.6 Å². The molecule has 1 atom stereocenters. The molecule has 3 heteroatoms. The van der Waals surface area contributed by atoms with E-state index in [0.717, 1.165) is 25.8 Å². The molecule has 2 N–H and O–H groups in total. The summed E-state index contributed by atoms with van der Waals surface area (Å²) >= 11 is 0. The molecule has 2 fully saturated rings. The molecule has 0 aromatic carbocycles. The fourth-order valence-corrected chi connectivity index (χ4v) is 1.59. The van der Waals surface area contributed by atoms with Crippen LogP contribution in [0.3, 0.4) is 0 Å². The zero-order valence-electron chi connectivity index (χ0n) is 6.81. The van der Waals surface area contributed by atoms with Gasteiger partial charge in [0.2, 0.25) is 0 Å². The molecule has 0 spiro atoms. The molecule has 2 saturated heterocycles. The molecule has 64 valence electrons. The predicted molar refractivity (Wildman–Crippen MR) is 43.6 cm³/mol. The van der Waals surface area contributed by atoms with Crippen molar-refractivity contribution in [3.05, 3.63) is 0 Å². The first-order valence-electron chi connectivity index (χ1n) is 4.49. The van der Waals surface area contributed by atoms with E-state index in [0.29, 0.717) is 6.04 Å². The molecule has 3 nitrogen and oxygen atoms in total. The molecule has 2 rings (SSSR count). The van der Waals surface area contributed by atoms with Gasteiger partial charge in [-0.25, -0.2) is 0 Å². The Labute approximate surface area is 67.5 Å². The van der Waals surface area contributed by atoms with Crippen LogP contribution in [-0.4, -0.2) is 38.4 Å². The highest BCUT2D eigenvalue weighted by Gasteiger charge is 2.20. The largest absolute Gasteiger partial charge is 0.378 e. The van der Waals surface area contributed by atoms with Gasteiger partial charge in [0.25, 0.3) is 0 Å². The fourth-order valence-electron chi connectivity index (χ4n) is 1.59. The molecule has 2 aliphatic heterocycles. The topological polar surface area (TPSA) is 33.3 Å². The van der Waals surface area contributed by atoms with Gasteiger partial charge in [-0.3, -0.25) is 0 Å². The second-order valence-corrected chi connectivity index (χ2v) is 3.44. The number of hydrogen-bond donors (Lipinski definition) is 2. The van der Waals surface area contributed by atoms with Gasteiger partial charge in [0.15, 0.2) is 0 Å². The first-order valence-corrected chi connectivity index (χ1v) is 4.49. The van der Waals surface area contributed by atoms with Crippen molar-refractivity contribution < 1.29 is 4.74 Å². The average Bonchev–Trinajstić information content (AvgIpc) is 2.36. The third-order valence-corrected chi connectivity index (χ3v) is 2.45. The lowest BCUT2D eigenvalue weighted by Gasteiger charge is -2.28. The van der Waals surface area contributed by atoms with Gasteiger partial charge in [-0.1, -0.05) is 0 Å². The first-order chi connectivity index (χ1) is 5.45. The summed E-state index contributed by atoms with van der Waals surface area (Å²) in [4.78, 5) is 0. The Morgan fingerprint density at radius 1 is 1.45 bits per heavy atom. The van der Waals surface area contributed by atoms with Gasteiger partial charge in [0, 0.05) is 12.6 Å². The van der Waals surface area contributed by atoms with E-state index in [1.807, 2.05) is 0 Å². The Morgan fingerprint density at radius 2 is 2.36 bits per heavy atom. The molecular weight excluding hydrogens is 140 g/mol. The maximum absolute atomic E-state index is 5.07. The van der Waals surface area contributed by atoms with Crippen LogP contribution in [-0.2, 0) is 4.74 Å². The van der Waals surface area contributed by atoms with Crippen LogP contribution < -0.4 is 10.6 Å². The number of hydrogen-bond acceptors (Lipinski definition) is 3. The molecule has 0 aromatic rings. The summed E-state index contributed by atoms with van der Waals surface area (Å²) in [5.41, 5.74) is 0. The monoisotopic (exact) mass is 156 g/mol. The minimum Gasteiger partial charge on any atom is -0.378 e. The van der Waals surface area contributed by atoms with Crippen molar-refractivity contribution in [3.63, 3.8) is 0 Å². The molecule has 0 aromatic heterocycles. The van der Waals surface area contributed by atoms with Gasteiger partial charge in [0.05, 0.1) is 19.3 Å². The predicted octanol–water partition coefficient (Wildman–Crippen LogP) is -0.273. The Bertz CT molecular complexity index is 119. The van der Waals surface area contributed by atoms with Crippen LogP contribution in [0.15, 0.2) is 0 Å². The van der Waals surface area contributed by atoms with E-state index >= 15 is 0 Å². The van der Waals surface area contributed by atoms with E-state index in [2.05, 4.69) is 10.6 Å². The van der Waals surface area contributed by atoms with Gasteiger partial charge >= 0.3 is 0 Å². The lowest BCUT2D eigenvalue weighted by atomic mass is 10.2. The zero-order valence-corrected chi connectivity index (χ0v) is 6.81. The van der Waals surface area contributed by atoms with E-state index in [1.54, 1.807) is 0 Å². The third kappa shape index (κ3) is 1.92. The van der Waals surface area contributed by atoms with E-state index in [-0.39, 0.29) is 0 Å². The molecule has 0 bridgehead atoms. The lowest BCUT2D eigenvalue weighted by molar-refractivity contribution is -0.00557. The van der Waals surface area contributed by atoms with Gasteiger partial charge in [-0.05, 0) is 19.4 Å². The third-order valence-electron chi connectivity index (χ3n) is 2.45. The van der Waals surface area contributed by atoms with Crippen LogP contribution in [0.25, 0.3) is 0 Å². The van der Waals surface area contributed by atoms with Crippen LogP contribution in [0, 0.1) is 0 Å². The highest BCUT2D eigenvalue weighted by molar-refractivity contribution is 4.80. The fraction of sp³-hybridized carbons (Fsp3) is 1.00. The number of nitrogens with one attached hydrogen (secondary N) is 2. The van der Waals surface area contributed by atoms with Gasteiger partial charge in [-0.15, -0.1) is 0 Å². The van der Waals surface area contributed by atoms with E-state index in [4.69, 9.17) is 4.74 Å². The van der Waals surface area contributed by atoms with Gasteiger partial charge in [0.1, 0.15) is 0 Å². The van der Waals surface area contributed by atoms with Crippen LogP contribution in [0.1, 0.15) is 12.8 Å². The molecule has 11 heavy (non-hydrogen) atoms. The molecule has 0 radical (unpaired) electrons. The number of rotatable bonds is 3. The van der Waals surface area contributed by atoms with Crippen molar-refractivity contribution in [2.45, 2.75) is 24.9 Å². The van der Waals surface area contributed by atoms with Crippen LogP contribution in [0.2, 0.25) is 0 Å². The van der Waals surface area contributed by atoms with Crippen LogP contribution in [0.5, 0.6) is 0 Å². The van der Waals surface area contributed by atoms with Crippen molar-refractivity contribution in [3.8, 4) is 0 Å². The summed E-state index contributed by atoms with van der Waals surface area (Å²) in [6.07, 6.45) is 2.67. The van der Waals surface area contributed by atoms with Crippen LogP contribution in [0.4, 0.5) is 0 Å². The Morgan fingerprint density at radius 3 is 2.91 bits per heavy atom. The van der Waals surface area contributed by atoms with Crippen molar-refractivity contribution in [2.24, 2.45) is 0 Å². The van der Waals surface area contributed by atoms with E-state index in [9.17, 15) is 0 Å². The minimum atomic E-state index is 0.636. The molecule has 0 aliphatic carbocycles. The van der Waals surface area contributed by atoms with Crippen molar-refractivity contribution >= 4 is 0 Å². The molecule has 2 heterocycles. The van der Waals surface area contributed by atoms with E-state index in [1.165, 1.54) is 19.4 Å². The van der Waals surface area contributed by atoms with Gasteiger partial charge < -0.3 is 15.4 Å². The van der Waals surface area contributed by atoms with Crippen LogP contribution >= 0.6 is 0 Å². The molecule has 1 unspecified atom stereocenters. The van der Waals surface area contributed by atoms with Gasteiger partial charge in [-0.2, -0.15) is 0 Å². The summed E-state index contributed by atoms with van der Waals surface area (Å²) in [5.74, 6) is 0. The smallest absolute Gasteiger partial charge is 0.0643 e. The second-order valence-electron chi connectivity index (χ2n) is 3.44. The van der Waals surface area contributed by atoms with E-state index < -0.39 is 0 Å². The zero-order chi connectivity index (χ0) is 7.52. The maximum atomic E-state index is 5.07. The minimum absolute atomic E-state index is 0.636. The SMILES string of the molecule is C1CNC(CNC2COC2)C1. The lowest BCUT2D eigenvalue weighted by Crippen LogP contribution is -2.49. The summed E-state index contributed by atoms with van der Waals surface area (Å²) in [6, 6.07) is 1.35. The summed E-state index contributed by atoms with van der Waals surface area (Å²) in [6.45, 7) is 4.14. The Balaban J connectivity index is 1.57. The Hall–Kier alpha value is -0.120. The summed E-state index contributed by atoms with van der Waals surface area (Å²) in [5, 5.41) is 6.93. The molecule has 0 amide bonds. The molecular formula is C8H16N2O. The maximum Gasteiger partial charge on any atom is 0.0643 e. The van der Waals surface area contributed by atoms with Crippen molar-refractivity contribution in [1.29, 1.82) is 0 Å². The second kappa shape index (κ2) is 3.52. The highest BCUT2D eigenvalue weighted by atomic mass is 16.5. The standard InChI is InChI=1S/C8H16N2O/c1-2-7(9-3-1)4-10-8-5-11-6-8/h7-10H,1-6H2. The summed E-state index contributed by atoms with van der Waals surface area (Å²) < 4.78 is 5.07. The normalized spacial score (nSPS) is 32.2. The molecule has 0 saturated carbocycles. The number of ether oxygens (including phenoxy) is 1. The molecule has 2 aliphatic rings. The highest BCUT2D eigenvalue weighted by Crippen LogP contribution is 2.05.